The van der Waals surface area contributed by atoms with Crippen LogP contribution in [0, 0.1) is 0 Å². The number of carbonyl (C=O) groups is 1. The maximum Gasteiger partial charge on any atom is 0.574 e. The molecule has 0 amide bonds. The van der Waals surface area contributed by atoms with Gasteiger partial charge in [0.25, 0.3) is 0 Å². The molecule has 0 aliphatic rings. The van der Waals surface area contributed by atoms with Gasteiger partial charge in [0.15, 0.2) is 11.0 Å². The van der Waals surface area contributed by atoms with E-state index in [9.17, 15) is 27.2 Å². The Morgan fingerprint density at radius 1 is 1.47 bits per heavy atom. The summed E-state index contributed by atoms with van der Waals surface area (Å²) in [7, 11) is 0. The predicted octanol–water partition coefficient (Wildman–Crippen LogP) is 1.44. The number of H-pyrrole nitrogens is 1. The second kappa shape index (κ2) is 4.44. The SMILES string of the molecule is O=C(O)c1c(OC(F)(F)F)[nH]c(CF)cc1=O. The Morgan fingerprint density at radius 3 is 2.47 bits per heavy atom. The minimum atomic E-state index is -5.19. The summed E-state index contributed by atoms with van der Waals surface area (Å²) in [6.45, 7) is -1.26. The number of pyridine rings is 1. The lowest BCUT2D eigenvalue weighted by atomic mass is 10.2. The van der Waals surface area contributed by atoms with Crippen LogP contribution in [0.5, 0.6) is 5.88 Å². The first-order chi connectivity index (χ1) is 7.74. The number of carboxylic acid groups (broad SMARTS) is 1. The quantitative estimate of drug-likeness (QED) is 0.801. The van der Waals surface area contributed by atoms with Gasteiger partial charge in [0.05, 0.1) is 5.69 Å². The summed E-state index contributed by atoms with van der Waals surface area (Å²) in [6, 6.07) is 0.548. The van der Waals surface area contributed by atoms with Crippen molar-refractivity contribution in [1.29, 1.82) is 0 Å². The number of aromatic carboxylic acids is 1. The van der Waals surface area contributed by atoms with E-state index in [4.69, 9.17) is 5.11 Å². The van der Waals surface area contributed by atoms with Gasteiger partial charge in [0.2, 0.25) is 5.88 Å². The lowest BCUT2D eigenvalue weighted by Gasteiger charge is -2.11. The second-order valence-corrected chi connectivity index (χ2v) is 2.85. The normalized spacial score (nSPS) is 11.3. The van der Waals surface area contributed by atoms with Gasteiger partial charge in [0, 0.05) is 6.07 Å². The molecule has 0 unspecified atom stereocenters. The molecule has 0 radical (unpaired) electrons. The molecule has 5 nitrogen and oxygen atoms in total. The van der Waals surface area contributed by atoms with E-state index in [0.29, 0.717) is 6.07 Å². The van der Waals surface area contributed by atoms with Gasteiger partial charge < -0.3 is 14.8 Å². The molecule has 0 bridgehead atoms. The second-order valence-electron chi connectivity index (χ2n) is 2.85. The summed E-state index contributed by atoms with van der Waals surface area (Å²) in [4.78, 5) is 23.4. The Morgan fingerprint density at radius 2 is 2.06 bits per heavy atom. The van der Waals surface area contributed by atoms with Crippen LogP contribution in [0.25, 0.3) is 0 Å². The van der Waals surface area contributed by atoms with Gasteiger partial charge in [-0.05, 0) is 0 Å². The maximum absolute atomic E-state index is 12.2. The Kier molecular flexibility index (Phi) is 3.39. The summed E-state index contributed by atoms with van der Waals surface area (Å²) < 4.78 is 51.3. The number of hydrogen-bond acceptors (Lipinski definition) is 3. The van der Waals surface area contributed by atoms with Crippen molar-refractivity contribution in [2.24, 2.45) is 0 Å². The van der Waals surface area contributed by atoms with Crippen LogP contribution in [-0.2, 0) is 6.67 Å². The average molecular weight is 255 g/mol. The zero-order valence-electron chi connectivity index (χ0n) is 7.97. The number of nitrogens with one attached hydrogen (secondary N) is 1. The number of aromatic nitrogens is 1. The highest BCUT2D eigenvalue weighted by Gasteiger charge is 2.34. The number of ether oxygens (including phenoxy) is 1. The van der Waals surface area contributed by atoms with Gasteiger partial charge in [-0.25, -0.2) is 9.18 Å². The average Bonchev–Trinajstić information content (AvgIpc) is 2.13. The van der Waals surface area contributed by atoms with Gasteiger partial charge in [-0.2, -0.15) is 0 Å². The molecule has 0 aliphatic carbocycles. The molecule has 0 aromatic carbocycles. The Labute approximate surface area is 90.6 Å². The molecule has 9 heteroatoms. The molecule has 0 aliphatic heterocycles. The lowest BCUT2D eigenvalue weighted by Crippen LogP contribution is -2.24. The van der Waals surface area contributed by atoms with E-state index in [-0.39, 0.29) is 0 Å². The van der Waals surface area contributed by atoms with Crippen LogP contribution in [0.4, 0.5) is 17.6 Å². The third-order valence-electron chi connectivity index (χ3n) is 1.63. The van der Waals surface area contributed by atoms with E-state index >= 15 is 0 Å². The van der Waals surface area contributed by atoms with E-state index < -0.39 is 41.6 Å². The summed E-state index contributed by atoms with van der Waals surface area (Å²) in [5.41, 5.74) is -3.03. The standard InChI is InChI=1S/C8H5F4NO4/c9-2-3-1-4(14)5(7(15)16)6(13-3)17-8(10,11)12/h1H,2H2,(H,13,14)(H,15,16). The number of rotatable bonds is 3. The van der Waals surface area contributed by atoms with Crippen molar-refractivity contribution in [3.8, 4) is 5.88 Å². The number of carboxylic acids is 1. The van der Waals surface area contributed by atoms with Crippen molar-refractivity contribution in [2.45, 2.75) is 13.0 Å². The summed E-state index contributed by atoms with van der Waals surface area (Å²) in [5.74, 6) is -3.25. The summed E-state index contributed by atoms with van der Waals surface area (Å²) >= 11 is 0. The van der Waals surface area contributed by atoms with Crippen LogP contribution in [0.1, 0.15) is 16.1 Å². The highest BCUT2D eigenvalue weighted by atomic mass is 19.4. The van der Waals surface area contributed by atoms with E-state index in [0.717, 1.165) is 0 Å². The van der Waals surface area contributed by atoms with Crippen LogP contribution in [-0.4, -0.2) is 22.4 Å². The number of hydrogen-bond donors (Lipinski definition) is 2. The van der Waals surface area contributed by atoms with Crippen LogP contribution in [0.15, 0.2) is 10.9 Å². The van der Waals surface area contributed by atoms with Crippen molar-refractivity contribution in [2.75, 3.05) is 0 Å². The number of aromatic amines is 1. The summed E-state index contributed by atoms with van der Waals surface area (Å²) in [6.07, 6.45) is -5.19. The topological polar surface area (TPSA) is 79.4 Å². The Bertz CT molecular complexity index is 493. The minimum absolute atomic E-state index is 0.515. The molecule has 94 valence electrons. The Hall–Kier alpha value is -2.06. The van der Waals surface area contributed by atoms with E-state index in [1.165, 1.54) is 0 Å². The van der Waals surface area contributed by atoms with Gasteiger partial charge in [-0.3, -0.25) is 4.79 Å². The van der Waals surface area contributed by atoms with Gasteiger partial charge in [-0.1, -0.05) is 0 Å². The molecule has 1 heterocycles. The molecular weight excluding hydrogens is 250 g/mol. The number of halogens is 4. The first kappa shape index (κ1) is 13.0. The molecule has 2 N–H and O–H groups in total. The first-order valence-corrected chi connectivity index (χ1v) is 4.06. The van der Waals surface area contributed by atoms with Gasteiger partial charge in [0.1, 0.15) is 6.67 Å². The molecule has 17 heavy (non-hydrogen) atoms. The van der Waals surface area contributed by atoms with Crippen molar-refractivity contribution in [3.63, 3.8) is 0 Å². The fraction of sp³-hybridized carbons (Fsp3) is 0.250. The van der Waals surface area contributed by atoms with Crippen molar-refractivity contribution < 1.29 is 32.2 Å². The fourth-order valence-electron chi connectivity index (χ4n) is 1.05. The Balaban J connectivity index is 3.38. The minimum Gasteiger partial charge on any atom is -0.477 e. The van der Waals surface area contributed by atoms with Crippen molar-refractivity contribution >= 4 is 5.97 Å². The largest absolute Gasteiger partial charge is 0.574 e. The van der Waals surface area contributed by atoms with Crippen LogP contribution < -0.4 is 10.2 Å². The van der Waals surface area contributed by atoms with E-state index in [1.807, 2.05) is 0 Å². The smallest absolute Gasteiger partial charge is 0.477 e. The van der Waals surface area contributed by atoms with Crippen LogP contribution in [0.3, 0.4) is 0 Å². The molecule has 0 fully saturated rings. The van der Waals surface area contributed by atoms with Crippen LogP contribution >= 0.6 is 0 Å². The molecule has 0 atom stereocenters. The third kappa shape index (κ3) is 3.20. The molecule has 0 saturated heterocycles. The molecule has 1 aromatic heterocycles. The zero-order chi connectivity index (χ0) is 13.2. The third-order valence-corrected chi connectivity index (χ3v) is 1.63. The maximum atomic E-state index is 12.2. The predicted molar refractivity (Wildman–Crippen MR) is 45.5 cm³/mol. The molecule has 0 spiro atoms. The fourth-order valence-corrected chi connectivity index (χ4v) is 1.05. The van der Waals surface area contributed by atoms with E-state index in [2.05, 4.69) is 4.74 Å². The van der Waals surface area contributed by atoms with Gasteiger partial charge in [-0.15, -0.1) is 13.2 Å². The summed E-state index contributed by atoms with van der Waals surface area (Å²) in [5, 5.41) is 8.55. The molecule has 1 rings (SSSR count). The molecule has 0 saturated carbocycles. The number of alkyl halides is 4. The first-order valence-electron chi connectivity index (χ1n) is 4.06. The van der Waals surface area contributed by atoms with E-state index in [1.54, 1.807) is 4.98 Å². The highest BCUT2D eigenvalue weighted by Crippen LogP contribution is 2.23. The zero-order valence-corrected chi connectivity index (χ0v) is 7.97. The molecular formula is C8H5F4NO4. The van der Waals surface area contributed by atoms with Crippen LogP contribution in [0.2, 0.25) is 0 Å². The monoisotopic (exact) mass is 255 g/mol. The molecule has 1 aromatic rings. The lowest BCUT2D eigenvalue weighted by molar-refractivity contribution is -0.276. The van der Waals surface area contributed by atoms with Crippen molar-refractivity contribution in [3.05, 3.63) is 27.5 Å². The van der Waals surface area contributed by atoms with Gasteiger partial charge >= 0.3 is 12.3 Å². The highest BCUT2D eigenvalue weighted by molar-refractivity contribution is 5.90. The van der Waals surface area contributed by atoms with Crippen molar-refractivity contribution in [1.82, 2.24) is 4.98 Å².